The zero-order chi connectivity index (χ0) is 21.7. The van der Waals surface area contributed by atoms with Crippen molar-refractivity contribution < 1.29 is 17.6 Å². The van der Waals surface area contributed by atoms with E-state index in [2.05, 4.69) is 5.32 Å². The fourth-order valence-corrected chi connectivity index (χ4v) is 5.23. The molecule has 0 saturated carbocycles. The molecule has 1 saturated heterocycles. The number of carbonyl (C=O) groups excluding carboxylic acids is 1. The molecule has 0 spiro atoms. The Hall–Kier alpha value is -1.96. The van der Waals surface area contributed by atoms with Crippen LogP contribution in [0.15, 0.2) is 47.4 Å². The average molecular weight is 453 g/mol. The van der Waals surface area contributed by atoms with Crippen molar-refractivity contribution in [2.24, 2.45) is 0 Å². The molecule has 0 radical (unpaired) electrons. The van der Waals surface area contributed by atoms with Crippen molar-refractivity contribution in [3.05, 3.63) is 64.4 Å². The van der Waals surface area contributed by atoms with E-state index in [-0.39, 0.29) is 23.4 Å². The molecule has 1 unspecified atom stereocenters. The molecule has 1 amide bonds. The molecule has 2 aromatic carbocycles. The van der Waals surface area contributed by atoms with Gasteiger partial charge in [-0.15, -0.1) is 0 Å². The Morgan fingerprint density at radius 3 is 2.43 bits per heavy atom. The van der Waals surface area contributed by atoms with Crippen molar-refractivity contribution in [3.8, 4) is 0 Å². The number of halogens is 2. The lowest BCUT2D eigenvalue weighted by molar-refractivity contribution is -0.121. The van der Waals surface area contributed by atoms with E-state index in [0.717, 1.165) is 30.4 Å². The standard InChI is InChI=1S/C22H26ClFN2O3S/c1-16(18-8-11-21(24)20(23)15-18)25-22(27)12-7-17-5-9-19(10-6-17)30(28,29)26-13-3-2-4-14-26/h5-6,8-11,15-16H,2-4,7,12-14H2,1H3,(H,25,27). The second kappa shape index (κ2) is 9.90. The molecule has 162 valence electrons. The third-order valence-electron chi connectivity index (χ3n) is 5.34. The zero-order valence-corrected chi connectivity index (χ0v) is 18.5. The summed E-state index contributed by atoms with van der Waals surface area (Å²) in [4.78, 5) is 12.6. The monoisotopic (exact) mass is 452 g/mol. The van der Waals surface area contributed by atoms with Gasteiger partial charge in [0.2, 0.25) is 15.9 Å². The molecule has 1 fully saturated rings. The number of nitrogens with one attached hydrogen (secondary N) is 1. The fraction of sp³-hybridized carbons (Fsp3) is 0.409. The third kappa shape index (κ3) is 5.59. The van der Waals surface area contributed by atoms with Gasteiger partial charge < -0.3 is 5.32 Å². The Bertz CT molecular complexity index is 990. The van der Waals surface area contributed by atoms with E-state index >= 15 is 0 Å². The normalized spacial score (nSPS) is 16.2. The summed E-state index contributed by atoms with van der Waals surface area (Å²) >= 11 is 5.80. The van der Waals surface area contributed by atoms with Crippen molar-refractivity contribution >= 4 is 27.5 Å². The number of aryl methyl sites for hydroxylation is 1. The van der Waals surface area contributed by atoms with E-state index in [0.29, 0.717) is 24.4 Å². The number of carbonyl (C=O) groups is 1. The van der Waals surface area contributed by atoms with Crippen molar-refractivity contribution in [2.75, 3.05) is 13.1 Å². The predicted octanol–water partition coefficient (Wildman–Crippen LogP) is 4.46. The Labute approximate surface area is 182 Å². The SMILES string of the molecule is CC(NC(=O)CCc1ccc(S(=O)(=O)N2CCCCC2)cc1)c1ccc(F)c(Cl)c1. The molecular weight excluding hydrogens is 427 g/mol. The predicted molar refractivity (Wildman–Crippen MR) is 115 cm³/mol. The molecular formula is C22H26ClFN2O3S. The summed E-state index contributed by atoms with van der Waals surface area (Å²) in [6.45, 7) is 2.95. The van der Waals surface area contributed by atoms with Crippen LogP contribution in [0.2, 0.25) is 5.02 Å². The molecule has 0 aromatic heterocycles. The van der Waals surface area contributed by atoms with Gasteiger partial charge in [0.05, 0.1) is 16.0 Å². The molecule has 0 aliphatic carbocycles. The summed E-state index contributed by atoms with van der Waals surface area (Å²) < 4.78 is 40.2. The highest BCUT2D eigenvalue weighted by Crippen LogP contribution is 2.22. The second-order valence-electron chi connectivity index (χ2n) is 7.57. The van der Waals surface area contributed by atoms with Gasteiger partial charge in [0.25, 0.3) is 0 Å². The van der Waals surface area contributed by atoms with Crippen LogP contribution >= 0.6 is 11.6 Å². The van der Waals surface area contributed by atoms with Crippen molar-refractivity contribution in [3.63, 3.8) is 0 Å². The first-order chi connectivity index (χ1) is 14.3. The second-order valence-corrected chi connectivity index (χ2v) is 9.92. The molecule has 1 N–H and O–H groups in total. The minimum absolute atomic E-state index is 0.0215. The molecule has 1 aliphatic rings. The number of hydrogen-bond acceptors (Lipinski definition) is 3. The number of amides is 1. The van der Waals surface area contributed by atoms with E-state index in [1.54, 1.807) is 34.6 Å². The minimum atomic E-state index is -3.45. The molecule has 1 heterocycles. The van der Waals surface area contributed by atoms with Crippen LogP contribution < -0.4 is 5.32 Å². The Kier molecular flexibility index (Phi) is 7.50. The highest BCUT2D eigenvalue weighted by Gasteiger charge is 2.25. The molecule has 5 nitrogen and oxygen atoms in total. The van der Waals surface area contributed by atoms with Gasteiger partial charge in [-0.05, 0) is 61.6 Å². The number of piperidine rings is 1. The maximum atomic E-state index is 13.3. The van der Waals surface area contributed by atoms with E-state index in [1.165, 1.54) is 12.1 Å². The van der Waals surface area contributed by atoms with Crippen molar-refractivity contribution in [1.82, 2.24) is 9.62 Å². The van der Waals surface area contributed by atoms with E-state index in [4.69, 9.17) is 11.6 Å². The molecule has 1 aliphatic heterocycles. The van der Waals surface area contributed by atoms with Crippen LogP contribution in [-0.4, -0.2) is 31.7 Å². The molecule has 8 heteroatoms. The van der Waals surface area contributed by atoms with Crippen LogP contribution in [0.4, 0.5) is 4.39 Å². The fourth-order valence-electron chi connectivity index (χ4n) is 3.52. The number of benzene rings is 2. The largest absolute Gasteiger partial charge is 0.350 e. The summed E-state index contributed by atoms with van der Waals surface area (Å²) in [6, 6.07) is 10.8. The zero-order valence-electron chi connectivity index (χ0n) is 16.9. The highest BCUT2D eigenvalue weighted by molar-refractivity contribution is 7.89. The van der Waals surface area contributed by atoms with Crippen LogP contribution in [0.1, 0.15) is 49.8 Å². The third-order valence-corrected chi connectivity index (χ3v) is 7.54. The van der Waals surface area contributed by atoms with Gasteiger partial charge in [-0.2, -0.15) is 4.31 Å². The van der Waals surface area contributed by atoms with Crippen molar-refractivity contribution in [2.45, 2.75) is 50.0 Å². The summed E-state index contributed by atoms with van der Waals surface area (Å²) in [7, 11) is -3.45. The van der Waals surface area contributed by atoms with Crippen LogP contribution in [-0.2, 0) is 21.2 Å². The first-order valence-electron chi connectivity index (χ1n) is 10.1. The van der Waals surface area contributed by atoms with E-state index in [9.17, 15) is 17.6 Å². The topological polar surface area (TPSA) is 66.5 Å². The van der Waals surface area contributed by atoms with Crippen LogP contribution in [0.3, 0.4) is 0 Å². The quantitative estimate of drug-likeness (QED) is 0.674. The van der Waals surface area contributed by atoms with Crippen LogP contribution in [0.5, 0.6) is 0 Å². The first kappa shape index (κ1) is 22.7. The van der Waals surface area contributed by atoms with Crippen LogP contribution in [0, 0.1) is 5.82 Å². The lowest BCUT2D eigenvalue weighted by Crippen LogP contribution is -2.35. The average Bonchev–Trinajstić information content (AvgIpc) is 2.75. The Morgan fingerprint density at radius 1 is 1.13 bits per heavy atom. The lowest BCUT2D eigenvalue weighted by Gasteiger charge is -2.25. The smallest absolute Gasteiger partial charge is 0.243 e. The van der Waals surface area contributed by atoms with Crippen LogP contribution in [0.25, 0.3) is 0 Å². The summed E-state index contributed by atoms with van der Waals surface area (Å²) in [5.41, 5.74) is 1.61. The Morgan fingerprint density at radius 2 is 1.80 bits per heavy atom. The number of nitrogens with zero attached hydrogens (tertiary/aromatic N) is 1. The number of sulfonamides is 1. The van der Waals surface area contributed by atoms with E-state index < -0.39 is 15.8 Å². The first-order valence-corrected chi connectivity index (χ1v) is 11.9. The minimum Gasteiger partial charge on any atom is -0.350 e. The lowest BCUT2D eigenvalue weighted by atomic mass is 10.1. The number of rotatable bonds is 7. The van der Waals surface area contributed by atoms with Gasteiger partial charge in [-0.3, -0.25) is 4.79 Å². The van der Waals surface area contributed by atoms with E-state index in [1.807, 2.05) is 6.92 Å². The van der Waals surface area contributed by atoms with Gasteiger partial charge in [0, 0.05) is 19.5 Å². The molecule has 30 heavy (non-hydrogen) atoms. The molecule has 1 atom stereocenters. The summed E-state index contributed by atoms with van der Waals surface area (Å²) in [5.74, 6) is -0.641. The molecule has 2 aromatic rings. The van der Waals surface area contributed by atoms with Gasteiger partial charge in [-0.25, -0.2) is 12.8 Å². The van der Waals surface area contributed by atoms with Gasteiger partial charge >= 0.3 is 0 Å². The van der Waals surface area contributed by atoms with Gasteiger partial charge in [0.15, 0.2) is 0 Å². The highest BCUT2D eigenvalue weighted by atomic mass is 35.5. The number of hydrogen-bond donors (Lipinski definition) is 1. The van der Waals surface area contributed by atoms with Crippen molar-refractivity contribution in [1.29, 1.82) is 0 Å². The molecule has 3 rings (SSSR count). The van der Waals surface area contributed by atoms with Gasteiger partial charge in [0.1, 0.15) is 5.82 Å². The summed E-state index contributed by atoms with van der Waals surface area (Å²) in [6.07, 6.45) is 3.62. The maximum absolute atomic E-state index is 13.3. The van der Waals surface area contributed by atoms with Gasteiger partial charge in [-0.1, -0.05) is 36.2 Å². The Balaban J connectivity index is 1.54. The molecule has 0 bridgehead atoms. The maximum Gasteiger partial charge on any atom is 0.243 e. The summed E-state index contributed by atoms with van der Waals surface area (Å²) in [5, 5.41) is 2.89.